The van der Waals surface area contributed by atoms with E-state index in [-0.39, 0.29) is 11.6 Å². The highest BCUT2D eigenvalue weighted by molar-refractivity contribution is 5.92. The first-order chi connectivity index (χ1) is 16.5. The van der Waals surface area contributed by atoms with Gasteiger partial charge in [0, 0.05) is 50.6 Å². The summed E-state index contributed by atoms with van der Waals surface area (Å²) in [5.41, 5.74) is 3.28. The van der Waals surface area contributed by atoms with Gasteiger partial charge in [-0.25, -0.2) is 13.8 Å². The zero-order chi connectivity index (χ0) is 23.7. The molecule has 0 atom stereocenters. The highest BCUT2D eigenvalue weighted by Gasteiger charge is 2.18. The lowest BCUT2D eigenvalue weighted by Crippen LogP contribution is -2.43. The minimum atomic E-state index is -0.728. The summed E-state index contributed by atoms with van der Waals surface area (Å²) >= 11 is 0. The first-order valence-electron chi connectivity index (χ1n) is 11.0. The van der Waals surface area contributed by atoms with E-state index in [0.29, 0.717) is 16.8 Å². The average Bonchev–Trinajstić information content (AvgIpc) is 3.25. The summed E-state index contributed by atoms with van der Waals surface area (Å²) in [4.78, 5) is 13.5. The van der Waals surface area contributed by atoms with Gasteiger partial charge in [-0.05, 0) is 36.9 Å². The van der Waals surface area contributed by atoms with Crippen LogP contribution in [0, 0.1) is 11.6 Å². The highest BCUT2D eigenvalue weighted by atomic mass is 19.1. The van der Waals surface area contributed by atoms with Crippen LogP contribution in [0.15, 0.2) is 42.6 Å². The maximum absolute atomic E-state index is 14.0. The first-order valence-corrected chi connectivity index (χ1v) is 11.0. The van der Waals surface area contributed by atoms with Crippen LogP contribution >= 0.6 is 0 Å². The van der Waals surface area contributed by atoms with Crippen molar-refractivity contribution in [1.29, 1.82) is 0 Å². The summed E-state index contributed by atoms with van der Waals surface area (Å²) in [5.74, 6) is -0.511. The van der Waals surface area contributed by atoms with Gasteiger partial charge in [-0.1, -0.05) is 6.07 Å². The Kier molecular flexibility index (Phi) is 6.08. The molecule has 8 nitrogen and oxygen atoms in total. The number of hydrogen-bond donors (Lipinski definition) is 2. The monoisotopic (exact) mass is 465 g/mol. The fourth-order valence-corrected chi connectivity index (χ4v) is 4.09. The Labute approximate surface area is 195 Å². The molecule has 0 bridgehead atoms. The third-order valence-corrected chi connectivity index (χ3v) is 6.02. The van der Waals surface area contributed by atoms with E-state index in [1.165, 1.54) is 11.6 Å². The van der Waals surface area contributed by atoms with E-state index in [4.69, 9.17) is 4.74 Å². The summed E-state index contributed by atoms with van der Waals surface area (Å²) in [7, 11) is 3.78. The molecule has 2 N–H and O–H groups in total. The lowest BCUT2D eigenvalue weighted by atomic mass is 10.0. The molecule has 1 fully saturated rings. The Morgan fingerprint density at radius 2 is 1.91 bits per heavy atom. The largest absolute Gasteiger partial charge is 0.496 e. The Balaban J connectivity index is 1.43. The number of nitrogens with one attached hydrogen (secondary N) is 2. The van der Waals surface area contributed by atoms with Gasteiger partial charge in [-0.3, -0.25) is 10.00 Å². The molecule has 2 aromatic heterocycles. The van der Waals surface area contributed by atoms with Crippen molar-refractivity contribution in [1.82, 2.24) is 30.0 Å². The van der Waals surface area contributed by atoms with Gasteiger partial charge < -0.3 is 15.0 Å². The molecule has 2 aromatic carbocycles. The van der Waals surface area contributed by atoms with Crippen LogP contribution in [-0.4, -0.2) is 70.3 Å². The Morgan fingerprint density at radius 3 is 2.68 bits per heavy atom. The number of nitrogens with zero attached hydrogens (tertiary/aromatic N) is 5. The summed E-state index contributed by atoms with van der Waals surface area (Å²) in [6.07, 6.45) is 1.62. The zero-order valence-electron chi connectivity index (χ0n) is 19.0. The van der Waals surface area contributed by atoms with Crippen molar-refractivity contribution in [2.75, 3.05) is 45.7 Å². The molecule has 0 spiro atoms. The molecule has 4 aromatic rings. The van der Waals surface area contributed by atoms with E-state index >= 15 is 0 Å². The number of halogens is 2. The molecule has 10 heteroatoms. The van der Waals surface area contributed by atoms with E-state index in [2.05, 4.69) is 54.5 Å². The molecule has 34 heavy (non-hydrogen) atoms. The van der Waals surface area contributed by atoms with Gasteiger partial charge in [-0.15, -0.1) is 0 Å². The minimum Gasteiger partial charge on any atom is -0.496 e. The fraction of sp³-hybridized carbons (Fsp3) is 0.292. The smallest absolute Gasteiger partial charge is 0.229 e. The van der Waals surface area contributed by atoms with Gasteiger partial charge >= 0.3 is 0 Å². The summed E-state index contributed by atoms with van der Waals surface area (Å²) in [6, 6.07) is 9.40. The van der Waals surface area contributed by atoms with E-state index in [0.717, 1.165) is 56.1 Å². The van der Waals surface area contributed by atoms with Crippen molar-refractivity contribution in [2.24, 2.45) is 0 Å². The number of piperazine rings is 1. The molecule has 176 valence electrons. The van der Waals surface area contributed by atoms with Gasteiger partial charge in [0.25, 0.3) is 0 Å². The van der Waals surface area contributed by atoms with E-state index < -0.39 is 11.6 Å². The van der Waals surface area contributed by atoms with Crippen molar-refractivity contribution in [2.45, 2.75) is 6.54 Å². The summed E-state index contributed by atoms with van der Waals surface area (Å²) in [6.45, 7) is 5.03. The number of hydrogen-bond acceptors (Lipinski definition) is 7. The molecule has 0 saturated carbocycles. The predicted molar refractivity (Wildman–Crippen MR) is 126 cm³/mol. The minimum absolute atomic E-state index is 0.0785. The van der Waals surface area contributed by atoms with Gasteiger partial charge in [0.15, 0.2) is 5.65 Å². The van der Waals surface area contributed by atoms with Crippen molar-refractivity contribution < 1.29 is 13.5 Å². The number of rotatable bonds is 6. The van der Waals surface area contributed by atoms with Crippen molar-refractivity contribution in [3.63, 3.8) is 0 Å². The van der Waals surface area contributed by atoms with Crippen molar-refractivity contribution in [3.05, 3.63) is 59.8 Å². The number of anilines is 2. The number of benzene rings is 2. The van der Waals surface area contributed by atoms with Gasteiger partial charge in [0.2, 0.25) is 5.95 Å². The zero-order valence-corrected chi connectivity index (χ0v) is 19.0. The molecular formula is C24H25F2N7O. The fourth-order valence-electron chi connectivity index (χ4n) is 4.09. The SMILES string of the molecule is COc1ccc(CN2CCN(C)CC2)cc1-c1[nH]nc2nc(Nc3ccc(F)cc3F)ncc12. The van der Waals surface area contributed by atoms with Gasteiger partial charge in [-0.2, -0.15) is 10.1 Å². The second kappa shape index (κ2) is 9.32. The van der Waals surface area contributed by atoms with E-state index in [9.17, 15) is 8.78 Å². The summed E-state index contributed by atoms with van der Waals surface area (Å²) < 4.78 is 32.8. The van der Waals surface area contributed by atoms with Crippen LogP contribution in [0.5, 0.6) is 5.75 Å². The van der Waals surface area contributed by atoms with Crippen LogP contribution in [0.3, 0.4) is 0 Å². The lowest BCUT2D eigenvalue weighted by molar-refractivity contribution is 0.148. The number of H-pyrrole nitrogens is 1. The van der Waals surface area contributed by atoms with Crippen LogP contribution in [0.4, 0.5) is 20.4 Å². The van der Waals surface area contributed by atoms with Gasteiger partial charge in [0.05, 0.1) is 23.9 Å². The number of aromatic amines is 1. The van der Waals surface area contributed by atoms with Gasteiger partial charge in [0.1, 0.15) is 17.4 Å². The molecule has 5 rings (SSSR count). The highest BCUT2D eigenvalue weighted by Crippen LogP contribution is 2.34. The maximum atomic E-state index is 14.0. The van der Waals surface area contributed by atoms with Crippen LogP contribution in [-0.2, 0) is 6.54 Å². The lowest BCUT2D eigenvalue weighted by Gasteiger charge is -2.32. The quantitative estimate of drug-likeness (QED) is 0.448. The van der Waals surface area contributed by atoms with Crippen LogP contribution in [0.1, 0.15) is 5.56 Å². The molecule has 0 unspecified atom stereocenters. The molecule has 0 amide bonds. The maximum Gasteiger partial charge on any atom is 0.229 e. The molecule has 3 heterocycles. The Hall–Kier alpha value is -3.63. The molecule has 0 radical (unpaired) electrons. The molecule has 0 aliphatic carbocycles. The number of ether oxygens (including phenoxy) is 1. The van der Waals surface area contributed by atoms with Crippen LogP contribution in [0.2, 0.25) is 0 Å². The summed E-state index contributed by atoms with van der Waals surface area (Å²) in [5, 5.41) is 10.8. The molecule has 1 saturated heterocycles. The number of methoxy groups -OCH3 is 1. The second-order valence-corrected chi connectivity index (χ2v) is 8.39. The predicted octanol–water partition coefficient (Wildman–Crippen LogP) is 3.80. The molecule has 1 aliphatic rings. The van der Waals surface area contributed by atoms with E-state index in [1.54, 1.807) is 13.3 Å². The Morgan fingerprint density at radius 1 is 1.09 bits per heavy atom. The third kappa shape index (κ3) is 4.55. The van der Waals surface area contributed by atoms with Crippen molar-refractivity contribution >= 4 is 22.7 Å². The topological polar surface area (TPSA) is 82.2 Å². The average molecular weight is 466 g/mol. The van der Waals surface area contributed by atoms with Crippen molar-refractivity contribution in [3.8, 4) is 17.0 Å². The second-order valence-electron chi connectivity index (χ2n) is 8.39. The third-order valence-electron chi connectivity index (χ3n) is 6.02. The standard InChI is InChI=1S/C24H25F2N7O/c1-32-7-9-33(10-8-32)14-15-3-6-21(34-2)17(11-15)22-18-13-27-24(29-23(18)31-30-22)28-20-5-4-16(25)12-19(20)26/h3-6,11-13H,7-10,14H2,1-2H3,(H2,27,28,29,30,31). The van der Waals surface area contributed by atoms with E-state index in [1.807, 2.05) is 6.07 Å². The normalized spacial score (nSPS) is 15.1. The number of aromatic nitrogens is 4. The number of fused-ring (bicyclic) bond motifs is 1. The van der Waals surface area contributed by atoms with Crippen LogP contribution < -0.4 is 10.1 Å². The molecular weight excluding hydrogens is 440 g/mol. The first kappa shape index (κ1) is 22.2. The molecule has 1 aliphatic heterocycles. The number of likely N-dealkylation sites (N-methyl/N-ethyl adjacent to an activating group) is 1. The van der Waals surface area contributed by atoms with Crippen LogP contribution in [0.25, 0.3) is 22.3 Å². The Bertz CT molecular complexity index is 1320.